The molecule has 0 aliphatic carbocycles. The number of fused-ring (bicyclic) bond motifs is 1. The summed E-state index contributed by atoms with van der Waals surface area (Å²) in [6.45, 7) is 2.28. The molecule has 1 unspecified atom stereocenters. The Morgan fingerprint density at radius 3 is 2.49 bits per heavy atom. The monoisotopic (exact) mass is 544 g/mol. The van der Waals surface area contributed by atoms with Gasteiger partial charge in [0.1, 0.15) is 6.61 Å². The molecule has 4 aromatic rings. The van der Waals surface area contributed by atoms with E-state index in [2.05, 4.69) is 10.3 Å². The number of carboxylic acids is 1. The molecule has 1 atom stereocenters. The molecule has 4 aromatic carbocycles. The van der Waals surface area contributed by atoms with Gasteiger partial charge in [0.25, 0.3) is 0 Å². The number of aliphatic carboxylic acids is 1. The molecule has 6 nitrogen and oxygen atoms in total. The molecule has 0 saturated carbocycles. The first-order chi connectivity index (χ1) is 18.9. The zero-order valence-corrected chi connectivity index (χ0v) is 24.5. The minimum absolute atomic E-state index is 0.332. The Labute approximate surface area is 248 Å². The molecule has 1 aliphatic rings. The van der Waals surface area contributed by atoms with Crippen LogP contribution in [0.1, 0.15) is 36.0 Å². The van der Waals surface area contributed by atoms with Crippen molar-refractivity contribution in [3.05, 3.63) is 107 Å². The third-order valence-electron chi connectivity index (χ3n) is 6.63. The molecule has 190 valence electrons. The van der Waals surface area contributed by atoms with E-state index in [9.17, 15) is 14.7 Å². The van der Waals surface area contributed by atoms with Crippen LogP contribution in [-0.2, 0) is 16.2 Å². The van der Waals surface area contributed by atoms with Gasteiger partial charge in [0.2, 0.25) is 0 Å². The second-order valence-corrected chi connectivity index (χ2v) is 11.4. The first-order valence-electron chi connectivity index (χ1n) is 12.7. The number of carboxylic acid groups (broad SMARTS) is 1. The summed E-state index contributed by atoms with van der Waals surface area (Å²) in [6, 6.07) is 27.7. The van der Waals surface area contributed by atoms with Gasteiger partial charge < -0.3 is 0 Å². The van der Waals surface area contributed by atoms with E-state index >= 15 is 0 Å². The van der Waals surface area contributed by atoms with Crippen LogP contribution in [-0.4, -0.2) is 50.1 Å². The molecule has 39 heavy (non-hydrogen) atoms. The Kier molecular flexibility index (Phi) is 8.53. The molecule has 0 radical (unpaired) electrons. The maximum atomic E-state index is 12.9. The average Bonchev–Trinajstić information content (AvgIpc) is 3.28. The Morgan fingerprint density at radius 1 is 1.05 bits per heavy atom. The molecular formula is C31H25N2NaO4S. The summed E-state index contributed by atoms with van der Waals surface area (Å²) in [7, 11) is 0. The van der Waals surface area contributed by atoms with Crippen molar-refractivity contribution in [2.45, 2.75) is 25.9 Å². The van der Waals surface area contributed by atoms with Gasteiger partial charge in [-0.25, -0.2) is 0 Å². The Balaban J connectivity index is 1.39. The number of aliphatic imine (C=N–C) groups is 1. The van der Waals surface area contributed by atoms with Gasteiger partial charge in [-0.05, 0) is 10.9 Å². The fraction of sp³-hybridized carbons (Fsp3) is 0.129. The molecule has 0 spiro atoms. The molecule has 5 rings (SSSR count). The fourth-order valence-electron chi connectivity index (χ4n) is 4.56. The molecule has 0 bridgehead atoms. The number of anilines is 1. The van der Waals surface area contributed by atoms with Crippen LogP contribution >= 0.6 is 11.8 Å². The summed E-state index contributed by atoms with van der Waals surface area (Å²) in [4.78, 5) is 29.3. The second kappa shape index (κ2) is 12.2. The standard InChI is InChI=1S/C31H25N2O4S.Na/c1-2-26(30(35)36)23-13-8-14-25(16-23)32-31-33-29(34)28(38-31)18-24-15-21-11-6-7-12-22(21)17-27(24)37-19-20-9-4-3-5-10-20;/h3-12,14-18,26H,2,19H2,1H3,(H,35,36)(H,32,33,34);. The summed E-state index contributed by atoms with van der Waals surface area (Å²) in [6.07, 6.45) is 2.33. The van der Waals surface area contributed by atoms with Crippen LogP contribution in [0.5, 0.6) is 5.75 Å². The summed E-state index contributed by atoms with van der Waals surface area (Å²) < 4.78 is 7.26. The zero-order valence-electron chi connectivity index (χ0n) is 21.7. The van der Waals surface area contributed by atoms with Crippen LogP contribution in [0.15, 0.2) is 94.8 Å². The van der Waals surface area contributed by atoms with Crippen molar-refractivity contribution >= 4 is 82.1 Å². The number of amidine groups is 1. The van der Waals surface area contributed by atoms with Crippen molar-refractivity contribution in [1.29, 1.82) is 0 Å². The van der Waals surface area contributed by atoms with Crippen LogP contribution < -0.4 is 12.9 Å². The number of rotatable bonds is 8. The van der Waals surface area contributed by atoms with E-state index in [0.717, 1.165) is 58.2 Å². The molecule has 1 aliphatic heterocycles. The van der Waals surface area contributed by atoms with E-state index in [1.165, 1.54) is 11.8 Å². The van der Waals surface area contributed by atoms with Crippen LogP contribution in [0.3, 0.4) is 0 Å². The number of carbonyl (C=O) groups excluding carboxylic acids is 1. The van der Waals surface area contributed by atoms with E-state index in [1.54, 1.807) is 0 Å². The van der Waals surface area contributed by atoms with Gasteiger partial charge >= 0.3 is 178 Å². The number of nitrogens with one attached hydrogen (secondary N) is 1. The van der Waals surface area contributed by atoms with Gasteiger partial charge in [0.15, 0.2) is 0 Å². The average molecular weight is 545 g/mol. The van der Waals surface area contributed by atoms with Gasteiger partial charge in [-0.1, -0.05) is 54.6 Å². The molecule has 0 fully saturated rings. The Hall–Kier alpha value is -3.36. The summed E-state index contributed by atoms with van der Waals surface area (Å²) >= 11 is 2.00. The van der Waals surface area contributed by atoms with Crippen LogP contribution in [0.25, 0.3) is 16.8 Å². The van der Waals surface area contributed by atoms with Crippen LogP contribution in [0.2, 0.25) is 0 Å². The van der Waals surface area contributed by atoms with Gasteiger partial charge in [-0.2, -0.15) is 0 Å². The van der Waals surface area contributed by atoms with Crippen molar-refractivity contribution in [3.8, 4) is 5.75 Å². The van der Waals surface area contributed by atoms with Gasteiger partial charge in [0.05, 0.1) is 0 Å². The van der Waals surface area contributed by atoms with Gasteiger partial charge in [0, 0.05) is 0 Å². The number of thioether (sulfide) groups is 1. The van der Waals surface area contributed by atoms with Crippen LogP contribution in [0.4, 0.5) is 5.69 Å². The molecule has 8 heteroatoms. The normalized spacial score (nSPS) is 14.9. The molecule has 1 amide bonds. The number of nitrogens with zero attached hydrogens (tertiary/aromatic N) is 1. The van der Waals surface area contributed by atoms with Gasteiger partial charge in [-0.3, -0.25) is 0 Å². The predicted octanol–water partition coefficient (Wildman–Crippen LogP) is 5.87. The predicted molar refractivity (Wildman–Crippen MR) is 159 cm³/mol. The first-order valence-corrected chi connectivity index (χ1v) is 14.6. The minimum atomic E-state index is -0.833. The molecule has 0 aromatic heterocycles. The van der Waals surface area contributed by atoms with E-state index in [4.69, 9.17) is 4.74 Å². The Morgan fingerprint density at radius 2 is 1.77 bits per heavy atom. The Bertz CT molecular complexity index is 1620. The van der Waals surface area contributed by atoms with E-state index in [-0.39, 0.29) is 5.91 Å². The zero-order chi connectivity index (χ0) is 27.4. The third-order valence-corrected chi connectivity index (χ3v) is 8.44. The second-order valence-electron chi connectivity index (χ2n) is 9.34. The van der Waals surface area contributed by atoms with Gasteiger partial charge in [-0.15, -0.1) is 0 Å². The topological polar surface area (TPSA) is 88.0 Å². The number of benzene rings is 4. The SMILES string of the molecule is CCC(C(=O)O)c1cc(NC2=NC(=O)C(=Cc3cc4ccccc4cc3OCc3ccccc3)S2)cc[c]1[Na]. The maximum absolute atomic E-state index is 12.9. The molecular weight excluding hydrogens is 519 g/mol. The number of hydrogen-bond acceptors (Lipinski definition) is 5. The first kappa shape index (κ1) is 27.2. The number of ether oxygens (including phenoxy) is 1. The van der Waals surface area contributed by atoms with Crippen molar-refractivity contribution < 1.29 is 19.4 Å². The third kappa shape index (κ3) is 6.45. The van der Waals surface area contributed by atoms with E-state index in [0.29, 0.717) is 34.5 Å². The fourth-order valence-corrected chi connectivity index (χ4v) is 6.04. The van der Waals surface area contributed by atoms with Crippen molar-refractivity contribution in [2.75, 3.05) is 5.32 Å². The van der Waals surface area contributed by atoms with Crippen molar-refractivity contribution in [2.24, 2.45) is 4.99 Å². The van der Waals surface area contributed by atoms with Crippen molar-refractivity contribution in [1.82, 2.24) is 0 Å². The van der Waals surface area contributed by atoms with E-state index in [1.807, 2.05) is 97.9 Å². The molecule has 2 N–H and O–H groups in total. The van der Waals surface area contributed by atoms with Crippen LogP contribution in [0, 0.1) is 0 Å². The number of amides is 1. The summed E-state index contributed by atoms with van der Waals surface area (Å²) in [5.74, 6) is -1.04. The number of carbonyl (C=O) groups is 2. The molecule has 1 heterocycles. The summed E-state index contributed by atoms with van der Waals surface area (Å²) in [5.41, 5.74) is 3.37. The van der Waals surface area contributed by atoms with Crippen molar-refractivity contribution in [3.63, 3.8) is 0 Å². The van der Waals surface area contributed by atoms with E-state index < -0.39 is 11.9 Å². The molecule has 0 saturated heterocycles. The number of hydrogen-bond donors (Lipinski definition) is 2. The summed E-state index contributed by atoms with van der Waals surface area (Å²) in [5, 5.41) is 15.4. The quantitative estimate of drug-likeness (QED) is 0.213.